The molecule has 3 atom stereocenters. The fraction of sp³-hybridized carbons (Fsp3) is 0.591. The smallest absolute Gasteiger partial charge is 0.350 e. The van der Waals surface area contributed by atoms with Gasteiger partial charge in [-0.3, -0.25) is 9.36 Å². The van der Waals surface area contributed by atoms with Gasteiger partial charge in [0, 0.05) is 38.1 Å². The van der Waals surface area contributed by atoms with Gasteiger partial charge in [-0.2, -0.15) is 9.94 Å². The Labute approximate surface area is 184 Å². The molecule has 1 aromatic carbocycles. The van der Waals surface area contributed by atoms with Gasteiger partial charge >= 0.3 is 5.69 Å². The van der Waals surface area contributed by atoms with Crippen LogP contribution < -0.4 is 32.0 Å². The number of nitrogens with two attached hydrogens (primary N) is 1. The first kappa shape index (κ1) is 20.8. The van der Waals surface area contributed by atoms with E-state index in [9.17, 15) is 9.59 Å². The van der Waals surface area contributed by atoms with E-state index in [2.05, 4.69) is 11.4 Å². The second-order valence-electron chi connectivity index (χ2n) is 9.07. The van der Waals surface area contributed by atoms with E-state index in [1.807, 2.05) is 4.90 Å². The van der Waals surface area contributed by atoms with E-state index in [0.29, 0.717) is 59.8 Å². The Hall–Kier alpha value is -3.06. The predicted molar refractivity (Wildman–Crippen MR) is 118 cm³/mol. The zero-order chi connectivity index (χ0) is 22.6. The first-order valence-electron chi connectivity index (χ1n) is 11.1. The minimum absolute atomic E-state index is 0.0486. The number of nitrogens with one attached hydrogen (secondary N) is 1. The summed E-state index contributed by atoms with van der Waals surface area (Å²) in [5, 5.41) is 12.3. The van der Waals surface area contributed by atoms with Crippen LogP contribution in [0.1, 0.15) is 38.1 Å². The number of anilines is 1. The minimum Gasteiger partial charge on any atom is -0.492 e. The zero-order valence-corrected chi connectivity index (χ0v) is 18.0. The maximum Gasteiger partial charge on any atom is 0.350 e. The van der Waals surface area contributed by atoms with Crippen LogP contribution in [-0.2, 0) is 0 Å². The van der Waals surface area contributed by atoms with Gasteiger partial charge in [0.2, 0.25) is 0 Å². The van der Waals surface area contributed by atoms with E-state index in [0.717, 1.165) is 25.7 Å². The van der Waals surface area contributed by atoms with Crippen molar-refractivity contribution in [1.82, 2.24) is 14.6 Å². The molecule has 2 saturated carbocycles. The molecule has 2 aromatic rings. The number of halogens is 1. The molecule has 32 heavy (non-hydrogen) atoms. The Kier molecular flexibility index (Phi) is 5.08. The number of fused-ring (bicyclic) bond motifs is 2. The lowest BCUT2D eigenvalue weighted by Gasteiger charge is -2.26. The highest BCUT2D eigenvalue weighted by Gasteiger charge is 2.44. The number of rotatable bonds is 6. The van der Waals surface area contributed by atoms with Crippen LogP contribution in [0.3, 0.4) is 0 Å². The predicted octanol–water partition coefficient (Wildman–Crippen LogP) is 1.08. The van der Waals surface area contributed by atoms with E-state index in [-0.39, 0.29) is 17.2 Å². The van der Waals surface area contributed by atoms with Gasteiger partial charge in [-0.05, 0) is 43.6 Å². The molecule has 10 heteroatoms. The molecule has 9 nitrogen and oxygen atoms in total. The van der Waals surface area contributed by atoms with Crippen LogP contribution in [0.2, 0.25) is 0 Å². The van der Waals surface area contributed by atoms with Crippen LogP contribution in [-0.4, -0.2) is 42.0 Å². The molecule has 1 aliphatic heterocycles. The Morgan fingerprint density at radius 1 is 1.28 bits per heavy atom. The molecule has 2 aliphatic carbocycles. The average molecular weight is 442 g/mol. The van der Waals surface area contributed by atoms with Crippen LogP contribution in [0.4, 0.5) is 10.1 Å². The quantitative estimate of drug-likeness (QED) is 0.508. The maximum atomic E-state index is 15.5. The summed E-state index contributed by atoms with van der Waals surface area (Å²) in [5.41, 5.74) is -0.719. The van der Waals surface area contributed by atoms with Crippen LogP contribution in [0, 0.1) is 29.0 Å². The third-order valence-electron chi connectivity index (χ3n) is 7.22. The monoisotopic (exact) mass is 442 g/mol. The van der Waals surface area contributed by atoms with Crippen molar-refractivity contribution >= 4 is 16.6 Å². The first-order chi connectivity index (χ1) is 15.5. The van der Waals surface area contributed by atoms with E-state index < -0.39 is 17.1 Å². The summed E-state index contributed by atoms with van der Waals surface area (Å²) in [5.74, 6) is 6.14. The highest BCUT2D eigenvalue weighted by molar-refractivity contribution is 5.91. The van der Waals surface area contributed by atoms with Gasteiger partial charge < -0.3 is 20.8 Å². The van der Waals surface area contributed by atoms with Gasteiger partial charge in [0.25, 0.3) is 5.56 Å². The standard InChI is InChI=1S/C22H27FN6O3/c1-32-20-18-14(21(30)29(25)22(31)28(18)13-4-5-13)9-16(23)19(20)27-10-12-3-6-17(15(12)11-27)26-8-2-7-24/h9,12-13,15,17,26H,2-6,8,10-11,25H2,1H3/t12-,15+,17?/m0/s1. The fourth-order valence-electron chi connectivity index (χ4n) is 5.61. The summed E-state index contributed by atoms with van der Waals surface area (Å²) in [6.45, 7) is 1.98. The summed E-state index contributed by atoms with van der Waals surface area (Å²) >= 11 is 0. The van der Waals surface area contributed by atoms with Gasteiger partial charge in [0.05, 0.1) is 18.6 Å². The van der Waals surface area contributed by atoms with Gasteiger partial charge in [-0.1, -0.05) is 0 Å². The topological polar surface area (TPSA) is 118 Å². The van der Waals surface area contributed by atoms with Crippen LogP contribution in [0.15, 0.2) is 15.7 Å². The lowest BCUT2D eigenvalue weighted by atomic mass is 9.98. The number of ether oxygens (including phenoxy) is 1. The second kappa shape index (κ2) is 7.81. The lowest BCUT2D eigenvalue weighted by molar-refractivity contribution is 0.393. The highest BCUT2D eigenvalue weighted by Crippen LogP contribution is 2.46. The third kappa shape index (κ3) is 3.14. The lowest BCUT2D eigenvalue weighted by Crippen LogP contribution is -2.44. The van der Waals surface area contributed by atoms with Gasteiger partial charge in [-0.25, -0.2) is 9.18 Å². The summed E-state index contributed by atoms with van der Waals surface area (Å²) in [6.07, 6.45) is 4.14. The molecule has 0 spiro atoms. The molecule has 3 N–H and O–H groups in total. The molecule has 0 amide bonds. The van der Waals surface area contributed by atoms with Crippen LogP contribution in [0.25, 0.3) is 10.9 Å². The average Bonchev–Trinajstić information content (AvgIpc) is 3.42. The highest BCUT2D eigenvalue weighted by atomic mass is 19.1. The molecule has 1 aromatic heterocycles. The van der Waals surface area contributed by atoms with E-state index in [4.69, 9.17) is 15.8 Å². The van der Waals surface area contributed by atoms with Crippen molar-refractivity contribution in [2.75, 3.05) is 37.5 Å². The largest absolute Gasteiger partial charge is 0.492 e. The maximum absolute atomic E-state index is 15.5. The Balaban J connectivity index is 1.59. The van der Waals surface area contributed by atoms with E-state index in [1.165, 1.54) is 17.7 Å². The van der Waals surface area contributed by atoms with Crippen LogP contribution in [0.5, 0.6) is 5.75 Å². The molecule has 3 aliphatic rings. The summed E-state index contributed by atoms with van der Waals surface area (Å²) in [7, 11) is 1.44. The van der Waals surface area contributed by atoms with Gasteiger partial charge in [-0.15, -0.1) is 0 Å². The zero-order valence-electron chi connectivity index (χ0n) is 18.0. The number of nitriles is 1. The summed E-state index contributed by atoms with van der Waals surface area (Å²) < 4.78 is 23.2. The minimum atomic E-state index is -0.731. The molecular formula is C22H27FN6O3. The number of hydrogen-bond acceptors (Lipinski definition) is 7. The Bertz CT molecular complexity index is 1230. The second-order valence-corrected chi connectivity index (χ2v) is 9.07. The number of hydrogen-bond donors (Lipinski definition) is 2. The number of aromatic nitrogens is 2. The number of methoxy groups -OCH3 is 1. The third-order valence-corrected chi connectivity index (χ3v) is 7.22. The molecule has 0 bridgehead atoms. The summed E-state index contributed by atoms with van der Waals surface area (Å²) in [6, 6.07) is 3.57. The molecule has 2 heterocycles. The van der Waals surface area contributed by atoms with Gasteiger partial charge in [0.1, 0.15) is 11.2 Å². The molecule has 1 saturated heterocycles. The van der Waals surface area contributed by atoms with E-state index in [1.54, 1.807) is 0 Å². The van der Waals surface area contributed by atoms with Crippen molar-refractivity contribution in [3.63, 3.8) is 0 Å². The first-order valence-corrected chi connectivity index (χ1v) is 11.1. The molecular weight excluding hydrogens is 415 g/mol. The molecule has 3 fully saturated rings. The number of nitrogen functional groups attached to an aromatic ring is 1. The van der Waals surface area contributed by atoms with Crippen molar-refractivity contribution in [3.8, 4) is 11.8 Å². The normalized spacial score (nSPS) is 24.7. The SMILES string of the molecule is COc1c(N2C[C@@H]3CCC(NCCC#N)[C@@H]3C2)c(F)cc2c(=O)n(N)c(=O)n(C3CC3)c12. The Morgan fingerprint density at radius 2 is 2.06 bits per heavy atom. The number of benzene rings is 1. The van der Waals surface area contributed by atoms with Gasteiger partial charge in [0.15, 0.2) is 11.6 Å². The fourth-order valence-corrected chi connectivity index (χ4v) is 5.61. The molecule has 170 valence electrons. The Morgan fingerprint density at radius 3 is 2.75 bits per heavy atom. The van der Waals surface area contributed by atoms with Crippen molar-refractivity contribution in [2.45, 2.75) is 44.2 Å². The van der Waals surface area contributed by atoms with Crippen molar-refractivity contribution in [3.05, 3.63) is 32.7 Å². The number of nitrogens with zero attached hydrogens (tertiary/aromatic N) is 4. The van der Waals surface area contributed by atoms with Crippen LogP contribution >= 0.6 is 0 Å². The summed E-state index contributed by atoms with van der Waals surface area (Å²) in [4.78, 5) is 27.5. The molecule has 5 rings (SSSR count). The van der Waals surface area contributed by atoms with E-state index >= 15 is 4.39 Å². The van der Waals surface area contributed by atoms with Crippen molar-refractivity contribution in [2.24, 2.45) is 11.8 Å². The molecule has 0 radical (unpaired) electrons. The molecule has 1 unspecified atom stereocenters. The van der Waals surface area contributed by atoms with Crippen molar-refractivity contribution in [1.29, 1.82) is 5.26 Å². The van der Waals surface area contributed by atoms with Crippen molar-refractivity contribution < 1.29 is 9.13 Å².